The van der Waals surface area contributed by atoms with Crippen LogP contribution in [0.5, 0.6) is 0 Å². The maximum absolute atomic E-state index is 5.56. The summed E-state index contributed by atoms with van der Waals surface area (Å²) in [4.78, 5) is 1.15. The summed E-state index contributed by atoms with van der Waals surface area (Å²) in [5.74, 6) is 1.81. The van der Waals surface area contributed by atoms with Crippen LogP contribution in [0.15, 0.2) is 42.5 Å². The van der Waals surface area contributed by atoms with Gasteiger partial charge in [0.15, 0.2) is 5.82 Å². The van der Waals surface area contributed by atoms with Gasteiger partial charge in [-0.25, -0.2) is 0 Å². The zero-order valence-corrected chi connectivity index (χ0v) is 14.6. The molecular weight excluding hydrogens is 304 g/mol. The average Bonchev–Trinajstić information content (AvgIpc) is 2.85. The van der Waals surface area contributed by atoms with Crippen LogP contribution < -0.4 is 5.32 Å². The Bertz CT molecular complexity index is 729. The molecule has 4 heteroatoms. The van der Waals surface area contributed by atoms with E-state index < -0.39 is 0 Å². The first-order valence-corrected chi connectivity index (χ1v) is 8.59. The Morgan fingerprint density at radius 2 is 2.04 bits per heavy atom. The third-order valence-corrected chi connectivity index (χ3v) is 4.96. The van der Waals surface area contributed by atoms with Crippen LogP contribution in [-0.2, 0) is 10.2 Å². The molecule has 0 radical (unpaired) electrons. The molecule has 23 heavy (non-hydrogen) atoms. The van der Waals surface area contributed by atoms with Crippen molar-refractivity contribution in [2.45, 2.75) is 25.7 Å². The Kier molecular flexibility index (Phi) is 4.53. The number of ether oxygens (including phenoxy) is 1. The number of rotatable bonds is 5. The molecule has 0 atom stereocenters. The van der Waals surface area contributed by atoms with Gasteiger partial charge in [0.25, 0.3) is 0 Å². The molecule has 0 fully saturated rings. The van der Waals surface area contributed by atoms with Gasteiger partial charge >= 0.3 is 0 Å². The highest BCUT2D eigenvalue weighted by molar-refractivity contribution is 7.07. The summed E-state index contributed by atoms with van der Waals surface area (Å²) in [6.07, 6.45) is 7.26. The van der Waals surface area contributed by atoms with Gasteiger partial charge in [0.05, 0.1) is 17.6 Å². The fraction of sp³-hybridized carbons (Fsp3) is 0.316. The monoisotopic (exact) mass is 326 g/mol. The molecule has 1 aromatic heterocycles. The minimum Gasteiger partial charge on any atom is -0.496 e. The molecule has 0 unspecified atom stereocenters. The highest BCUT2D eigenvalue weighted by Gasteiger charge is 2.23. The minimum atomic E-state index is 0.0231. The van der Waals surface area contributed by atoms with Crippen LogP contribution in [0.4, 0.5) is 5.82 Å². The third kappa shape index (κ3) is 3.32. The first-order valence-electron chi connectivity index (χ1n) is 7.82. The van der Waals surface area contributed by atoms with E-state index in [1.807, 2.05) is 0 Å². The van der Waals surface area contributed by atoms with Gasteiger partial charge in [0.1, 0.15) is 5.76 Å². The van der Waals surface area contributed by atoms with E-state index in [-0.39, 0.29) is 5.41 Å². The lowest BCUT2D eigenvalue weighted by atomic mass is 9.84. The second-order valence-electron chi connectivity index (χ2n) is 6.28. The molecule has 1 aliphatic rings. The van der Waals surface area contributed by atoms with Crippen molar-refractivity contribution >= 4 is 29.2 Å². The lowest BCUT2D eigenvalue weighted by Gasteiger charge is -2.26. The van der Waals surface area contributed by atoms with E-state index in [4.69, 9.17) is 4.74 Å². The third-order valence-electron chi connectivity index (χ3n) is 4.15. The van der Waals surface area contributed by atoms with E-state index in [0.717, 1.165) is 35.0 Å². The summed E-state index contributed by atoms with van der Waals surface area (Å²) in [6.45, 7) is 5.30. The minimum absolute atomic E-state index is 0.0231. The highest BCUT2D eigenvalue weighted by atomic mass is 32.1. The Balaban J connectivity index is 1.82. The van der Waals surface area contributed by atoms with Gasteiger partial charge in [0, 0.05) is 12.0 Å². The number of hydrogen-bond donors (Lipinski definition) is 1. The molecule has 2 aromatic rings. The van der Waals surface area contributed by atoms with Crippen LogP contribution in [-0.4, -0.2) is 18.0 Å². The van der Waals surface area contributed by atoms with Crippen LogP contribution >= 0.6 is 11.5 Å². The quantitative estimate of drug-likeness (QED) is 0.845. The van der Waals surface area contributed by atoms with Crippen LogP contribution in [0, 0.1) is 0 Å². The summed E-state index contributed by atoms with van der Waals surface area (Å²) in [5.41, 5.74) is 2.42. The summed E-state index contributed by atoms with van der Waals surface area (Å²) in [7, 11) is 1.72. The zero-order chi connectivity index (χ0) is 16.3. The van der Waals surface area contributed by atoms with E-state index in [0.29, 0.717) is 0 Å². The van der Waals surface area contributed by atoms with Gasteiger partial charge in [-0.15, -0.1) is 0 Å². The molecule has 0 saturated carbocycles. The predicted molar refractivity (Wildman–Crippen MR) is 98.7 cm³/mol. The van der Waals surface area contributed by atoms with Crippen molar-refractivity contribution in [1.29, 1.82) is 0 Å². The number of methoxy groups -OCH3 is 1. The normalized spacial score (nSPS) is 14.0. The standard InChI is InChI=1S/C19H22N2OS/c1-19(2,14-9-5-4-6-10-14)13-20-18-17-15(22-3)11-7-8-12-16(17)23-21-18/h4-6,8-12H,7,13H2,1-3H3,(H,20,21). The summed E-state index contributed by atoms with van der Waals surface area (Å²) < 4.78 is 10.2. The Hall–Kier alpha value is -2.07. The lowest BCUT2D eigenvalue weighted by molar-refractivity contribution is 0.369. The summed E-state index contributed by atoms with van der Waals surface area (Å²) in [6, 6.07) is 10.6. The topological polar surface area (TPSA) is 34.1 Å². The van der Waals surface area contributed by atoms with Gasteiger partial charge in [-0.1, -0.05) is 50.3 Å². The van der Waals surface area contributed by atoms with Crippen molar-refractivity contribution < 1.29 is 4.74 Å². The predicted octanol–water partition coefficient (Wildman–Crippen LogP) is 4.94. The van der Waals surface area contributed by atoms with Crippen LogP contribution in [0.2, 0.25) is 0 Å². The largest absolute Gasteiger partial charge is 0.496 e. The second kappa shape index (κ2) is 6.59. The van der Waals surface area contributed by atoms with Gasteiger partial charge in [-0.05, 0) is 35.7 Å². The number of fused-ring (bicyclic) bond motifs is 1. The lowest BCUT2D eigenvalue weighted by Crippen LogP contribution is -2.28. The fourth-order valence-corrected chi connectivity index (χ4v) is 3.50. The van der Waals surface area contributed by atoms with Crippen LogP contribution in [0.25, 0.3) is 11.8 Å². The van der Waals surface area contributed by atoms with Gasteiger partial charge in [-0.3, -0.25) is 0 Å². The number of benzene rings is 1. The van der Waals surface area contributed by atoms with E-state index >= 15 is 0 Å². The molecule has 1 N–H and O–H groups in total. The maximum atomic E-state index is 5.56. The van der Waals surface area contributed by atoms with Crippen molar-refractivity contribution in [2.24, 2.45) is 0 Å². The van der Waals surface area contributed by atoms with Crippen LogP contribution in [0.3, 0.4) is 0 Å². The van der Waals surface area contributed by atoms with Crippen molar-refractivity contribution in [3.63, 3.8) is 0 Å². The van der Waals surface area contributed by atoms with Crippen molar-refractivity contribution in [2.75, 3.05) is 19.0 Å². The fourth-order valence-electron chi connectivity index (χ4n) is 2.71. The number of aromatic nitrogens is 1. The molecule has 3 rings (SSSR count). The maximum Gasteiger partial charge on any atom is 0.151 e. The molecule has 0 spiro atoms. The van der Waals surface area contributed by atoms with E-state index in [9.17, 15) is 0 Å². The van der Waals surface area contributed by atoms with E-state index in [1.165, 1.54) is 17.1 Å². The van der Waals surface area contributed by atoms with Gasteiger partial charge in [-0.2, -0.15) is 4.37 Å². The second-order valence-corrected chi connectivity index (χ2v) is 7.09. The van der Waals surface area contributed by atoms with Gasteiger partial charge in [0.2, 0.25) is 0 Å². The SMILES string of the molecule is COC1=CCC=Cc2snc(NCC(C)(C)c3ccccc3)c21. The Morgan fingerprint density at radius 3 is 2.78 bits per heavy atom. The molecule has 0 saturated heterocycles. The Labute approximate surface area is 141 Å². The number of nitrogens with one attached hydrogen (secondary N) is 1. The van der Waals surface area contributed by atoms with Crippen molar-refractivity contribution in [3.8, 4) is 0 Å². The average molecular weight is 326 g/mol. The summed E-state index contributed by atoms with van der Waals surface area (Å²) in [5, 5.41) is 3.53. The molecule has 0 bridgehead atoms. The van der Waals surface area contributed by atoms with Crippen LogP contribution in [0.1, 0.15) is 36.3 Å². The molecule has 1 aromatic carbocycles. The molecular formula is C19H22N2OS. The Morgan fingerprint density at radius 1 is 1.26 bits per heavy atom. The number of anilines is 1. The van der Waals surface area contributed by atoms with Crippen molar-refractivity contribution in [1.82, 2.24) is 4.37 Å². The highest BCUT2D eigenvalue weighted by Crippen LogP contribution is 2.35. The smallest absolute Gasteiger partial charge is 0.151 e. The number of hydrogen-bond acceptors (Lipinski definition) is 4. The molecule has 1 aliphatic carbocycles. The van der Waals surface area contributed by atoms with Gasteiger partial charge < -0.3 is 10.1 Å². The molecule has 3 nitrogen and oxygen atoms in total. The molecule has 0 aliphatic heterocycles. The molecule has 120 valence electrons. The molecule has 1 heterocycles. The van der Waals surface area contributed by atoms with Crippen molar-refractivity contribution in [3.05, 3.63) is 58.5 Å². The summed E-state index contributed by atoms with van der Waals surface area (Å²) >= 11 is 1.51. The molecule has 0 amide bonds. The first-order chi connectivity index (χ1) is 11.1. The number of nitrogens with zero attached hydrogens (tertiary/aromatic N) is 1. The van der Waals surface area contributed by atoms with E-state index in [2.05, 4.69) is 72.1 Å². The first kappa shape index (κ1) is 15.8. The van der Waals surface area contributed by atoms with E-state index in [1.54, 1.807) is 7.11 Å². The number of allylic oxidation sites excluding steroid dienone is 2. The zero-order valence-electron chi connectivity index (χ0n) is 13.8.